The molecule has 0 atom stereocenters. The molecule has 2 aromatic heterocycles. The molecular formula is C10H9N3O4. The molecule has 0 aliphatic rings. The van der Waals surface area contributed by atoms with E-state index in [9.17, 15) is 9.59 Å². The molecule has 2 rings (SSSR count). The third-order valence-corrected chi connectivity index (χ3v) is 1.98. The van der Waals surface area contributed by atoms with Gasteiger partial charge in [0, 0.05) is 12.3 Å². The van der Waals surface area contributed by atoms with Crippen molar-refractivity contribution in [1.82, 2.24) is 9.55 Å². The lowest BCUT2D eigenvalue weighted by Crippen LogP contribution is -2.30. The van der Waals surface area contributed by atoms with E-state index >= 15 is 0 Å². The van der Waals surface area contributed by atoms with Crippen molar-refractivity contribution >= 4 is 17.6 Å². The zero-order chi connectivity index (χ0) is 12.3. The highest BCUT2D eigenvalue weighted by atomic mass is 16.3. The molecule has 0 radical (unpaired) electrons. The molecule has 2 aromatic rings. The largest absolute Gasteiger partial charge is 0.449 e. The standard InChI is InChI=1S/C10H9N3O4/c14-6-9(15)13-4-3-7(12-10(13)16)11-8-2-1-5-17-8/h1-5,14H,6H2,(H,11,12,16). The molecule has 17 heavy (non-hydrogen) atoms. The molecule has 0 bridgehead atoms. The van der Waals surface area contributed by atoms with Crippen molar-refractivity contribution in [2.45, 2.75) is 0 Å². The maximum absolute atomic E-state index is 11.4. The second-order valence-corrected chi connectivity index (χ2v) is 3.12. The Morgan fingerprint density at radius 3 is 2.94 bits per heavy atom. The molecule has 88 valence electrons. The molecule has 0 aromatic carbocycles. The summed E-state index contributed by atoms with van der Waals surface area (Å²) in [5, 5.41) is 11.4. The molecule has 0 unspecified atom stereocenters. The summed E-state index contributed by atoms with van der Waals surface area (Å²) in [6, 6.07) is 4.77. The number of hydrogen-bond donors (Lipinski definition) is 2. The third kappa shape index (κ3) is 2.40. The smallest absolute Gasteiger partial charge is 0.356 e. The summed E-state index contributed by atoms with van der Waals surface area (Å²) in [4.78, 5) is 26.1. The van der Waals surface area contributed by atoms with Gasteiger partial charge in [0.1, 0.15) is 12.4 Å². The van der Waals surface area contributed by atoms with Crippen LogP contribution in [0.1, 0.15) is 4.79 Å². The zero-order valence-electron chi connectivity index (χ0n) is 8.66. The van der Waals surface area contributed by atoms with E-state index in [0.29, 0.717) is 5.88 Å². The zero-order valence-corrected chi connectivity index (χ0v) is 8.66. The Kier molecular flexibility index (Phi) is 3.01. The van der Waals surface area contributed by atoms with E-state index in [1.165, 1.54) is 18.5 Å². The van der Waals surface area contributed by atoms with Crippen LogP contribution in [-0.4, -0.2) is 27.2 Å². The summed E-state index contributed by atoms with van der Waals surface area (Å²) >= 11 is 0. The van der Waals surface area contributed by atoms with Crippen LogP contribution >= 0.6 is 0 Å². The van der Waals surface area contributed by atoms with Crippen molar-refractivity contribution < 1.29 is 14.3 Å². The minimum Gasteiger partial charge on any atom is -0.449 e. The van der Waals surface area contributed by atoms with Gasteiger partial charge in [-0.1, -0.05) is 0 Å². The number of nitrogens with zero attached hydrogens (tertiary/aromatic N) is 2. The van der Waals surface area contributed by atoms with Gasteiger partial charge in [0.15, 0.2) is 5.88 Å². The van der Waals surface area contributed by atoms with Crippen molar-refractivity contribution in [1.29, 1.82) is 0 Å². The van der Waals surface area contributed by atoms with Crippen LogP contribution in [0.3, 0.4) is 0 Å². The van der Waals surface area contributed by atoms with Gasteiger partial charge < -0.3 is 14.8 Å². The highest BCUT2D eigenvalue weighted by Gasteiger charge is 2.07. The summed E-state index contributed by atoms with van der Waals surface area (Å²) in [6.07, 6.45) is 2.71. The fourth-order valence-corrected chi connectivity index (χ4v) is 1.21. The molecule has 0 saturated heterocycles. The minimum absolute atomic E-state index is 0.256. The number of furan rings is 1. The van der Waals surface area contributed by atoms with Gasteiger partial charge in [0.2, 0.25) is 0 Å². The van der Waals surface area contributed by atoms with Gasteiger partial charge in [-0.05, 0) is 12.1 Å². The minimum atomic E-state index is -0.763. The molecule has 0 saturated carbocycles. The number of anilines is 2. The first kappa shape index (κ1) is 11.1. The van der Waals surface area contributed by atoms with Crippen LogP contribution in [0.2, 0.25) is 0 Å². The van der Waals surface area contributed by atoms with Crippen molar-refractivity contribution in [3.63, 3.8) is 0 Å². The lowest BCUT2D eigenvalue weighted by atomic mass is 10.5. The van der Waals surface area contributed by atoms with Gasteiger partial charge in [-0.25, -0.2) is 9.36 Å². The number of aliphatic hydroxyl groups is 1. The Hall–Kier alpha value is -2.41. The van der Waals surface area contributed by atoms with Crippen LogP contribution < -0.4 is 11.0 Å². The molecule has 0 spiro atoms. The van der Waals surface area contributed by atoms with Gasteiger partial charge in [-0.3, -0.25) is 4.79 Å². The van der Waals surface area contributed by atoms with E-state index in [1.807, 2.05) is 0 Å². The number of aliphatic hydroxyl groups excluding tert-OH is 1. The van der Waals surface area contributed by atoms with E-state index in [-0.39, 0.29) is 5.82 Å². The van der Waals surface area contributed by atoms with Crippen LogP contribution in [0.5, 0.6) is 0 Å². The molecule has 0 amide bonds. The number of hydrogen-bond acceptors (Lipinski definition) is 6. The van der Waals surface area contributed by atoms with Gasteiger partial charge in [0.05, 0.1) is 6.26 Å². The van der Waals surface area contributed by atoms with E-state index in [1.54, 1.807) is 12.1 Å². The summed E-state index contributed by atoms with van der Waals surface area (Å²) in [5.74, 6) is -0.0397. The fraction of sp³-hybridized carbons (Fsp3) is 0.100. The predicted molar refractivity (Wildman–Crippen MR) is 58.2 cm³/mol. The Labute approximate surface area is 95.3 Å². The number of carbonyl (C=O) groups excluding carboxylic acids is 1. The Bertz CT molecular complexity index is 573. The summed E-state index contributed by atoms with van der Waals surface area (Å²) < 4.78 is 5.74. The monoisotopic (exact) mass is 235 g/mol. The molecule has 2 N–H and O–H groups in total. The lowest BCUT2D eigenvalue weighted by molar-refractivity contribution is 0.0812. The van der Waals surface area contributed by atoms with Crippen LogP contribution in [-0.2, 0) is 0 Å². The Balaban J connectivity index is 2.25. The number of rotatable bonds is 3. The maximum Gasteiger partial charge on any atom is 0.356 e. The van der Waals surface area contributed by atoms with E-state index in [4.69, 9.17) is 9.52 Å². The summed E-state index contributed by atoms with van der Waals surface area (Å²) in [6.45, 7) is -0.744. The lowest BCUT2D eigenvalue weighted by Gasteiger charge is -2.03. The van der Waals surface area contributed by atoms with Crippen LogP contribution in [0, 0.1) is 0 Å². The third-order valence-electron chi connectivity index (χ3n) is 1.98. The quantitative estimate of drug-likeness (QED) is 0.789. The fourth-order valence-electron chi connectivity index (χ4n) is 1.21. The van der Waals surface area contributed by atoms with Crippen molar-refractivity contribution in [3.8, 4) is 0 Å². The molecule has 0 fully saturated rings. The van der Waals surface area contributed by atoms with Gasteiger partial charge in [-0.15, -0.1) is 0 Å². The van der Waals surface area contributed by atoms with Crippen LogP contribution in [0.25, 0.3) is 0 Å². The Morgan fingerprint density at radius 2 is 2.35 bits per heavy atom. The second-order valence-electron chi connectivity index (χ2n) is 3.12. The average molecular weight is 235 g/mol. The summed E-state index contributed by atoms with van der Waals surface area (Å²) in [5.41, 5.74) is -0.763. The number of nitrogens with one attached hydrogen (secondary N) is 1. The number of carbonyl (C=O) groups is 1. The van der Waals surface area contributed by atoms with E-state index < -0.39 is 18.2 Å². The highest BCUT2D eigenvalue weighted by molar-refractivity contribution is 5.79. The van der Waals surface area contributed by atoms with Gasteiger partial charge in [0.25, 0.3) is 5.91 Å². The Morgan fingerprint density at radius 1 is 1.53 bits per heavy atom. The van der Waals surface area contributed by atoms with E-state index in [0.717, 1.165) is 4.57 Å². The molecule has 0 aliphatic heterocycles. The van der Waals surface area contributed by atoms with Crippen molar-refractivity contribution in [2.24, 2.45) is 0 Å². The highest BCUT2D eigenvalue weighted by Crippen LogP contribution is 2.12. The predicted octanol–water partition coefficient (Wildman–Crippen LogP) is 0.212. The average Bonchev–Trinajstić information content (AvgIpc) is 2.81. The number of aromatic nitrogens is 2. The second kappa shape index (κ2) is 4.62. The van der Waals surface area contributed by atoms with Crippen LogP contribution in [0.15, 0.2) is 39.9 Å². The molecular weight excluding hydrogens is 226 g/mol. The van der Waals surface area contributed by atoms with E-state index in [2.05, 4.69) is 10.3 Å². The SMILES string of the molecule is O=C(CO)n1ccc(Nc2ccco2)nc1=O. The van der Waals surface area contributed by atoms with Crippen LogP contribution in [0.4, 0.5) is 11.7 Å². The topological polar surface area (TPSA) is 97.4 Å². The van der Waals surface area contributed by atoms with Crippen molar-refractivity contribution in [2.75, 3.05) is 11.9 Å². The molecule has 7 nitrogen and oxygen atoms in total. The first-order valence-electron chi connectivity index (χ1n) is 4.75. The van der Waals surface area contributed by atoms with Crippen molar-refractivity contribution in [3.05, 3.63) is 41.1 Å². The summed E-state index contributed by atoms with van der Waals surface area (Å²) in [7, 11) is 0. The molecule has 7 heteroatoms. The normalized spacial score (nSPS) is 10.2. The maximum atomic E-state index is 11.4. The van der Waals surface area contributed by atoms with Gasteiger partial charge >= 0.3 is 5.69 Å². The van der Waals surface area contributed by atoms with Gasteiger partial charge in [-0.2, -0.15) is 4.98 Å². The molecule has 2 heterocycles. The first-order chi connectivity index (χ1) is 8.20. The molecule has 0 aliphatic carbocycles. The first-order valence-corrected chi connectivity index (χ1v) is 4.75.